The Bertz CT molecular complexity index is 256. The molecule has 0 aliphatic carbocycles. The average molecular weight is 244 g/mol. The van der Waals surface area contributed by atoms with Gasteiger partial charge in [-0.05, 0) is 6.92 Å². The standard InChI is InChI=1S/C6H13O8P/c1-6(9,4-5(7)8)2-3-13-14-15(10,11)12/h9H,2-4H2,1H3,(H,7,8)(H2,10,11,12)/t6-/m1/s1. The van der Waals surface area contributed by atoms with Gasteiger partial charge < -0.3 is 20.0 Å². The van der Waals surface area contributed by atoms with Crippen molar-refractivity contribution in [3.63, 3.8) is 0 Å². The summed E-state index contributed by atoms with van der Waals surface area (Å²) in [6, 6.07) is 0. The van der Waals surface area contributed by atoms with Crippen molar-refractivity contribution in [1.82, 2.24) is 0 Å². The molecule has 0 unspecified atom stereocenters. The summed E-state index contributed by atoms with van der Waals surface area (Å²) in [6.07, 6.45) is -0.619. The van der Waals surface area contributed by atoms with Gasteiger partial charge in [0.05, 0.1) is 18.6 Å². The second kappa shape index (κ2) is 5.55. The Morgan fingerprint density at radius 2 is 2.00 bits per heavy atom. The van der Waals surface area contributed by atoms with Gasteiger partial charge in [0.25, 0.3) is 0 Å². The molecule has 15 heavy (non-hydrogen) atoms. The van der Waals surface area contributed by atoms with E-state index in [-0.39, 0.29) is 13.0 Å². The first-order valence-corrected chi connectivity index (χ1v) is 5.46. The molecule has 0 fully saturated rings. The van der Waals surface area contributed by atoms with Crippen LogP contribution in [0.15, 0.2) is 0 Å². The molecule has 8 nitrogen and oxygen atoms in total. The Morgan fingerprint density at radius 3 is 2.40 bits per heavy atom. The zero-order chi connectivity index (χ0) is 12.1. The van der Waals surface area contributed by atoms with E-state index in [1.165, 1.54) is 6.92 Å². The maximum Gasteiger partial charge on any atom is 0.496 e. The third-order valence-electron chi connectivity index (χ3n) is 1.41. The van der Waals surface area contributed by atoms with E-state index < -0.39 is 25.8 Å². The van der Waals surface area contributed by atoms with Gasteiger partial charge in [0.1, 0.15) is 0 Å². The van der Waals surface area contributed by atoms with Gasteiger partial charge in [-0.2, -0.15) is 0 Å². The summed E-state index contributed by atoms with van der Waals surface area (Å²) in [5.41, 5.74) is -1.51. The van der Waals surface area contributed by atoms with E-state index in [1.807, 2.05) is 0 Å². The van der Waals surface area contributed by atoms with Crippen molar-refractivity contribution in [3.8, 4) is 0 Å². The lowest BCUT2D eigenvalue weighted by Crippen LogP contribution is -2.29. The molecule has 0 aliphatic heterocycles. The highest BCUT2D eigenvalue weighted by atomic mass is 31.2. The van der Waals surface area contributed by atoms with Crippen LogP contribution in [0.3, 0.4) is 0 Å². The SMILES string of the molecule is C[C@@](O)(CCOOP(=O)(O)O)CC(=O)O. The molecule has 4 N–H and O–H groups in total. The first-order chi connectivity index (χ1) is 6.62. The Labute approximate surface area is 85.6 Å². The van der Waals surface area contributed by atoms with Gasteiger partial charge in [-0.3, -0.25) is 4.79 Å². The number of hydrogen-bond acceptors (Lipinski definition) is 5. The molecular formula is C6H13O8P. The van der Waals surface area contributed by atoms with Crippen LogP contribution in [-0.2, 0) is 18.9 Å². The highest BCUT2D eigenvalue weighted by Crippen LogP contribution is 2.36. The van der Waals surface area contributed by atoms with E-state index in [1.54, 1.807) is 0 Å². The highest BCUT2D eigenvalue weighted by molar-refractivity contribution is 7.46. The molecule has 0 rings (SSSR count). The smallest absolute Gasteiger partial charge is 0.481 e. The van der Waals surface area contributed by atoms with E-state index in [0.29, 0.717) is 0 Å². The summed E-state index contributed by atoms with van der Waals surface area (Å²) in [4.78, 5) is 30.7. The van der Waals surface area contributed by atoms with Crippen molar-refractivity contribution in [2.45, 2.75) is 25.4 Å². The third-order valence-corrected chi connectivity index (χ3v) is 1.71. The van der Waals surface area contributed by atoms with Crippen LogP contribution in [0.2, 0.25) is 0 Å². The van der Waals surface area contributed by atoms with Crippen LogP contribution in [0.25, 0.3) is 0 Å². The highest BCUT2D eigenvalue weighted by Gasteiger charge is 2.24. The molecular weight excluding hydrogens is 231 g/mol. The second-order valence-electron chi connectivity index (χ2n) is 3.20. The molecule has 0 aromatic carbocycles. The minimum Gasteiger partial charge on any atom is -0.481 e. The Morgan fingerprint density at radius 1 is 1.47 bits per heavy atom. The maximum atomic E-state index is 10.3. The fourth-order valence-electron chi connectivity index (χ4n) is 0.782. The zero-order valence-corrected chi connectivity index (χ0v) is 8.88. The third kappa shape index (κ3) is 9.80. The predicted octanol–water partition coefficient (Wildman–Crippen LogP) is -0.357. The van der Waals surface area contributed by atoms with Gasteiger partial charge in [0, 0.05) is 6.42 Å². The molecule has 0 amide bonds. The number of carboxylic acids is 1. The van der Waals surface area contributed by atoms with Crippen molar-refractivity contribution in [3.05, 3.63) is 0 Å². The summed E-state index contributed by atoms with van der Waals surface area (Å²) in [6.45, 7) is 0.938. The van der Waals surface area contributed by atoms with Crippen molar-refractivity contribution >= 4 is 13.8 Å². The Kier molecular flexibility index (Phi) is 5.36. The van der Waals surface area contributed by atoms with Gasteiger partial charge in [-0.1, -0.05) is 0 Å². The molecule has 1 atom stereocenters. The predicted molar refractivity (Wildman–Crippen MR) is 46.6 cm³/mol. The average Bonchev–Trinajstić information content (AvgIpc) is 1.93. The molecule has 0 radical (unpaired) electrons. The van der Waals surface area contributed by atoms with Crippen LogP contribution in [0.1, 0.15) is 19.8 Å². The summed E-state index contributed by atoms with van der Waals surface area (Å²) in [5.74, 6) is -1.18. The van der Waals surface area contributed by atoms with Crippen LogP contribution in [-0.4, -0.2) is 38.2 Å². The summed E-state index contributed by atoms with van der Waals surface area (Å²) in [5, 5.41) is 17.8. The number of aliphatic carboxylic acids is 1. The lowest BCUT2D eigenvalue weighted by atomic mass is 9.99. The lowest BCUT2D eigenvalue weighted by molar-refractivity contribution is -0.229. The fourth-order valence-corrected chi connectivity index (χ4v) is 0.993. The Hall–Kier alpha value is -0.500. The summed E-state index contributed by atoms with van der Waals surface area (Å²) >= 11 is 0. The van der Waals surface area contributed by atoms with Gasteiger partial charge in [0.2, 0.25) is 0 Å². The fraction of sp³-hybridized carbons (Fsp3) is 0.833. The molecule has 90 valence electrons. The number of hydrogen-bond donors (Lipinski definition) is 4. The number of carboxylic acid groups (broad SMARTS) is 1. The van der Waals surface area contributed by atoms with E-state index in [4.69, 9.17) is 14.9 Å². The van der Waals surface area contributed by atoms with E-state index in [0.717, 1.165) is 0 Å². The molecule has 9 heteroatoms. The number of phosphoric acid groups is 1. The lowest BCUT2D eigenvalue weighted by Gasteiger charge is -2.20. The quantitative estimate of drug-likeness (QED) is 0.206. The van der Waals surface area contributed by atoms with Gasteiger partial charge in [0.15, 0.2) is 0 Å². The molecule has 0 bridgehead atoms. The Balaban J connectivity index is 3.76. The van der Waals surface area contributed by atoms with Gasteiger partial charge in [-0.25, -0.2) is 9.45 Å². The molecule has 0 aliphatic rings. The number of rotatable bonds is 7. The van der Waals surface area contributed by atoms with Crippen molar-refractivity contribution in [2.24, 2.45) is 0 Å². The van der Waals surface area contributed by atoms with E-state index in [2.05, 4.69) is 9.56 Å². The van der Waals surface area contributed by atoms with E-state index in [9.17, 15) is 14.5 Å². The van der Waals surface area contributed by atoms with Crippen molar-refractivity contribution in [1.29, 1.82) is 0 Å². The van der Waals surface area contributed by atoms with Crippen molar-refractivity contribution < 1.29 is 38.9 Å². The largest absolute Gasteiger partial charge is 0.496 e. The maximum absolute atomic E-state index is 10.3. The van der Waals surface area contributed by atoms with Gasteiger partial charge in [-0.15, -0.1) is 4.67 Å². The topological polar surface area (TPSA) is 134 Å². The van der Waals surface area contributed by atoms with Gasteiger partial charge >= 0.3 is 13.8 Å². The van der Waals surface area contributed by atoms with Crippen LogP contribution in [0.5, 0.6) is 0 Å². The monoisotopic (exact) mass is 244 g/mol. The molecule has 0 saturated heterocycles. The minimum atomic E-state index is -4.70. The number of carbonyl (C=O) groups is 1. The molecule has 0 saturated carbocycles. The van der Waals surface area contributed by atoms with Crippen LogP contribution in [0, 0.1) is 0 Å². The van der Waals surface area contributed by atoms with Crippen LogP contribution >= 0.6 is 7.82 Å². The summed E-state index contributed by atoms with van der Waals surface area (Å²) in [7, 11) is -4.70. The normalized spacial score (nSPS) is 16.0. The molecule has 0 spiro atoms. The molecule has 0 aromatic rings. The molecule has 0 aromatic heterocycles. The zero-order valence-electron chi connectivity index (χ0n) is 7.99. The number of aliphatic hydroxyl groups is 1. The first kappa shape index (κ1) is 14.5. The first-order valence-electron chi connectivity index (χ1n) is 3.93. The summed E-state index contributed by atoms with van der Waals surface area (Å²) < 4.78 is 13.8. The van der Waals surface area contributed by atoms with Crippen LogP contribution < -0.4 is 0 Å². The van der Waals surface area contributed by atoms with Crippen LogP contribution in [0.4, 0.5) is 0 Å². The van der Waals surface area contributed by atoms with Crippen molar-refractivity contribution in [2.75, 3.05) is 6.61 Å². The molecule has 0 heterocycles. The second-order valence-corrected chi connectivity index (χ2v) is 4.33. The van der Waals surface area contributed by atoms with E-state index >= 15 is 0 Å². The minimum absolute atomic E-state index is 0.126.